The van der Waals surface area contributed by atoms with Crippen LogP contribution in [0.5, 0.6) is 0 Å². The van der Waals surface area contributed by atoms with Crippen molar-refractivity contribution in [2.24, 2.45) is 0 Å². The van der Waals surface area contributed by atoms with Crippen molar-refractivity contribution in [3.63, 3.8) is 0 Å². The van der Waals surface area contributed by atoms with Crippen molar-refractivity contribution in [1.82, 2.24) is 24.9 Å². The van der Waals surface area contributed by atoms with E-state index in [1.807, 2.05) is 30.3 Å². The van der Waals surface area contributed by atoms with Gasteiger partial charge in [0.05, 0.1) is 45.1 Å². The summed E-state index contributed by atoms with van der Waals surface area (Å²) < 4.78 is 35.2. The first-order valence-corrected chi connectivity index (χ1v) is 16.6. The van der Waals surface area contributed by atoms with E-state index < -0.39 is 23.8 Å². The van der Waals surface area contributed by atoms with Crippen molar-refractivity contribution in [3.05, 3.63) is 141 Å². The zero-order chi connectivity index (χ0) is 35.5. The Morgan fingerprint density at radius 1 is 1.02 bits per heavy atom. The summed E-state index contributed by atoms with van der Waals surface area (Å²) in [6.45, 7) is 1.08. The number of nitrogens with zero attached hydrogens (tertiary/aromatic N) is 6. The fourth-order valence-electron chi connectivity index (χ4n) is 5.97. The Balaban J connectivity index is 1.16. The maximum absolute atomic E-state index is 14.0. The number of anilines is 3. The van der Waals surface area contributed by atoms with E-state index in [0.717, 1.165) is 5.56 Å². The molecule has 256 valence electrons. The number of pyridine rings is 1. The first kappa shape index (κ1) is 33.7. The van der Waals surface area contributed by atoms with Crippen molar-refractivity contribution in [1.29, 1.82) is 5.26 Å². The molecule has 0 spiro atoms. The topological polar surface area (TPSA) is 121 Å². The Kier molecular flexibility index (Phi) is 9.65. The van der Waals surface area contributed by atoms with Crippen LogP contribution >= 0.6 is 23.2 Å². The third kappa shape index (κ3) is 7.40. The van der Waals surface area contributed by atoms with Crippen LogP contribution in [-0.2, 0) is 11.3 Å². The van der Waals surface area contributed by atoms with E-state index in [1.165, 1.54) is 36.5 Å². The van der Waals surface area contributed by atoms with Crippen LogP contribution in [0.25, 0.3) is 10.9 Å². The molecular weight excluding hydrogens is 697 g/mol. The average Bonchev–Trinajstić information content (AvgIpc) is 3.83. The van der Waals surface area contributed by atoms with Crippen molar-refractivity contribution in [3.8, 4) is 6.07 Å². The van der Waals surface area contributed by atoms with Gasteiger partial charge in [0.25, 0.3) is 0 Å². The largest absolute Gasteiger partial charge is 0.445 e. The quantitative estimate of drug-likeness (QED) is 0.152. The Bertz CT molecular complexity index is 2260. The Hall–Kier alpha value is -5.77. The lowest BCUT2D eigenvalue weighted by Gasteiger charge is -2.20. The third-order valence-corrected chi connectivity index (χ3v) is 9.15. The molecule has 0 radical (unpaired) electrons. The molecule has 0 unspecified atom stereocenters. The molecule has 14 heteroatoms. The van der Waals surface area contributed by atoms with Gasteiger partial charge >= 0.3 is 6.09 Å². The van der Waals surface area contributed by atoms with Crippen LogP contribution in [0.4, 0.5) is 30.6 Å². The molecular formula is C37H28Cl2F2N8O2. The number of nitrogens with one attached hydrogen (secondary N) is 2. The first-order chi connectivity index (χ1) is 24.7. The fourth-order valence-corrected chi connectivity index (χ4v) is 6.41. The molecule has 2 N–H and O–H groups in total. The van der Waals surface area contributed by atoms with Gasteiger partial charge in [0.15, 0.2) is 0 Å². The van der Waals surface area contributed by atoms with Crippen LogP contribution < -0.4 is 10.6 Å². The Morgan fingerprint density at radius 3 is 2.57 bits per heavy atom. The molecule has 1 aliphatic rings. The summed E-state index contributed by atoms with van der Waals surface area (Å²) in [5.74, 6) is -0.973. The van der Waals surface area contributed by atoms with Gasteiger partial charge in [-0.3, -0.25) is 4.98 Å². The molecule has 10 nitrogen and oxygen atoms in total. The molecule has 0 aliphatic carbocycles. The van der Waals surface area contributed by atoms with Gasteiger partial charge in [-0.05, 0) is 60.0 Å². The lowest BCUT2D eigenvalue weighted by molar-refractivity contribution is 0.103. The van der Waals surface area contributed by atoms with Crippen LogP contribution in [0, 0.1) is 23.0 Å². The summed E-state index contributed by atoms with van der Waals surface area (Å²) in [7, 11) is 0. The molecule has 4 aromatic carbocycles. The van der Waals surface area contributed by atoms with E-state index in [-0.39, 0.29) is 23.2 Å². The van der Waals surface area contributed by atoms with Gasteiger partial charge in [0.1, 0.15) is 30.0 Å². The van der Waals surface area contributed by atoms with Crippen molar-refractivity contribution in [2.75, 3.05) is 23.7 Å². The van der Waals surface area contributed by atoms with Crippen molar-refractivity contribution >= 4 is 57.3 Å². The fraction of sp³-hybridized carbons (Fsp3) is 0.162. The maximum atomic E-state index is 14.0. The van der Waals surface area contributed by atoms with E-state index >= 15 is 0 Å². The standard InChI is InChI=1S/C37H28Cl2F2N8O2/c38-30-15-26(10-11-32(30)41)44-34-24(17-42)18-43-36-29(34)14-27(16-31(36)39)45-35(23-6-8-25(40)9-7-23)33-20-49(47-46-33)28-12-13-48(19-28)37(50)51-21-22-4-2-1-3-5-22/h1-11,14-16,18,20,28,35,45H,12-13,19,21H2,(H,43,44)/t28-,35-/m1/s1. The SMILES string of the molecule is N#Cc1cnc2c(Cl)cc(N[C@H](c3ccc(F)cc3)c3cn([C@@H]4CCN(C(=O)OCc5ccccc5)C4)nn3)cc2c1Nc1ccc(F)c(Cl)c1. The number of amides is 1. The number of likely N-dealkylation sites (tertiary alicyclic amines) is 1. The second-order valence-electron chi connectivity index (χ2n) is 11.9. The van der Waals surface area contributed by atoms with Gasteiger partial charge in [-0.15, -0.1) is 5.10 Å². The van der Waals surface area contributed by atoms with Gasteiger partial charge in [-0.1, -0.05) is 70.9 Å². The number of carbonyl (C=O) groups excluding carboxylic acids is 1. The number of halogens is 4. The van der Waals surface area contributed by atoms with E-state index in [2.05, 4.69) is 32.0 Å². The van der Waals surface area contributed by atoms with Crippen molar-refractivity contribution in [2.45, 2.75) is 25.1 Å². The maximum Gasteiger partial charge on any atom is 0.410 e. The molecule has 1 fully saturated rings. The van der Waals surface area contributed by atoms with E-state index in [4.69, 9.17) is 27.9 Å². The van der Waals surface area contributed by atoms with Crippen molar-refractivity contribution < 1.29 is 18.3 Å². The van der Waals surface area contributed by atoms with E-state index in [9.17, 15) is 18.8 Å². The lowest BCUT2D eigenvalue weighted by Crippen LogP contribution is -2.29. The zero-order valence-electron chi connectivity index (χ0n) is 26.7. The minimum absolute atomic E-state index is 0.0826. The molecule has 1 aliphatic heterocycles. The summed E-state index contributed by atoms with van der Waals surface area (Å²) in [6.07, 6.45) is 3.46. The minimum Gasteiger partial charge on any atom is -0.445 e. The summed E-state index contributed by atoms with van der Waals surface area (Å²) in [4.78, 5) is 18.9. The molecule has 1 saturated heterocycles. The second-order valence-corrected chi connectivity index (χ2v) is 12.8. The number of rotatable bonds is 9. The molecule has 3 heterocycles. The summed E-state index contributed by atoms with van der Waals surface area (Å²) in [5.41, 5.74) is 4.18. The van der Waals surface area contributed by atoms with Gasteiger partial charge in [0, 0.05) is 36.0 Å². The van der Waals surface area contributed by atoms with Crippen LogP contribution in [0.3, 0.4) is 0 Å². The molecule has 51 heavy (non-hydrogen) atoms. The number of benzene rings is 4. The number of fused-ring (bicyclic) bond motifs is 1. The summed E-state index contributed by atoms with van der Waals surface area (Å²) in [5, 5.41) is 26.2. The smallest absolute Gasteiger partial charge is 0.410 e. The highest BCUT2D eigenvalue weighted by molar-refractivity contribution is 6.36. The van der Waals surface area contributed by atoms with Crippen LogP contribution in [-0.4, -0.2) is 44.1 Å². The molecule has 2 atom stereocenters. The Morgan fingerprint density at radius 2 is 1.80 bits per heavy atom. The number of ether oxygens (including phenoxy) is 1. The predicted molar refractivity (Wildman–Crippen MR) is 190 cm³/mol. The highest BCUT2D eigenvalue weighted by Crippen LogP contribution is 2.37. The molecule has 7 rings (SSSR count). The lowest BCUT2D eigenvalue weighted by atomic mass is 10.0. The Labute approximate surface area is 301 Å². The van der Waals surface area contributed by atoms with Gasteiger partial charge in [0.2, 0.25) is 0 Å². The average molecular weight is 726 g/mol. The first-order valence-electron chi connectivity index (χ1n) is 15.9. The molecule has 0 bridgehead atoms. The summed E-state index contributed by atoms with van der Waals surface area (Å²) in [6, 6.07) is 24.5. The predicted octanol–water partition coefficient (Wildman–Crippen LogP) is 8.81. The van der Waals surface area contributed by atoms with Gasteiger partial charge in [-0.25, -0.2) is 18.3 Å². The van der Waals surface area contributed by atoms with E-state index in [0.29, 0.717) is 63.8 Å². The van der Waals surface area contributed by atoms with Crippen LogP contribution in [0.2, 0.25) is 10.0 Å². The number of carbonyl (C=O) groups is 1. The molecule has 0 saturated carbocycles. The highest BCUT2D eigenvalue weighted by Gasteiger charge is 2.30. The second kappa shape index (κ2) is 14.6. The number of aromatic nitrogens is 4. The molecule has 1 amide bonds. The molecule has 2 aromatic heterocycles. The van der Waals surface area contributed by atoms with Crippen LogP contribution in [0.1, 0.15) is 40.9 Å². The monoisotopic (exact) mass is 724 g/mol. The normalized spacial score (nSPS) is 14.6. The number of hydrogen-bond donors (Lipinski definition) is 2. The number of nitriles is 1. The highest BCUT2D eigenvalue weighted by atomic mass is 35.5. The third-order valence-electron chi connectivity index (χ3n) is 8.57. The molecule has 6 aromatic rings. The van der Waals surface area contributed by atoms with Gasteiger partial charge < -0.3 is 20.3 Å². The summed E-state index contributed by atoms with van der Waals surface area (Å²) >= 11 is 12.8. The van der Waals surface area contributed by atoms with Gasteiger partial charge in [-0.2, -0.15) is 5.26 Å². The van der Waals surface area contributed by atoms with E-state index in [1.54, 1.807) is 40.0 Å². The number of hydrogen-bond acceptors (Lipinski definition) is 8. The minimum atomic E-state index is -0.611. The zero-order valence-corrected chi connectivity index (χ0v) is 28.2. The van der Waals surface area contributed by atoms with Crippen LogP contribution in [0.15, 0.2) is 97.3 Å².